The van der Waals surface area contributed by atoms with Crippen molar-refractivity contribution in [3.8, 4) is 5.75 Å². The van der Waals surface area contributed by atoms with Crippen LogP contribution in [0.5, 0.6) is 5.75 Å². The molecular weight excluding hydrogens is 276 g/mol. The van der Waals surface area contributed by atoms with Crippen molar-refractivity contribution < 1.29 is 13.2 Å². The van der Waals surface area contributed by atoms with E-state index < -0.39 is 10.0 Å². The zero-order chi connectivity index (χ0) is 14.8. The Morgan fingerprint density at radius 1 is 1.50 bits per heavy atom. The minimum absolute atomic E-state index is 0.105. The summed E-state index contributed by atoms with van der Waals surface area (Å²) in [5.74, 6) is 0.777. The molecule has 0 bridgehead atoms. The fourth-order valence-electron chi connectivity index (χ4n) is 2.34. The Hall–Kier alpha value is -1.11. The van der Waals surface area contributed by atoms with E-state index in [1.807, 2.05) is 13.8 Å². The van der Waals surface area contributed by atoms with Gasteiger partial charge in [0.05, 0.1) is 4.90 Å². The molecule has 0 saturated heterocycles. The number of ether oxygens (including phenoxy) is 1. The summed E-state index contributed by atoms with van der Waals surface area (Å²) in [6.07, 6.45) is 2.59. The summed E-state index contributed by atoms with van der Waals surface area (Å²) in [5, 5.41) is 0. The normalized spacial score (nSPS) is 19.4. The molecule has 0 fully saturated rings. The predicted octanol–water partition coefficient (Wildman–Crippen LogP) is 1.42. The molecule has 0 unspecified atom stereocenters. The highest BCUT2D eigenvalue weighted by atomic mass is 32.2. The molecule has 6 heteroatoms. The van der Waals surface area contributed by atoms with Gasteiger partial charge in [0.2, 0.25) is 10.0 Å². The molecule has 0 saturated carbocycles. The number of nitrogens with one attached hydrogen (secondary N) is 1. The Kier molecular flexibility index (Phi) is 4.67. The molecule has 1 aromatic rings. The van der Waals surface area contributed by atoms with E-state index in [1.54, 1.807) is 18.2 Å². The number of sulfonamides is 1. The van der Waals surface area contributed by atoms with Crippen molar-refractivity contribution in [2.45, 2.75) is 50.2 Å². The SMILES string of the molecule is CCC[C@H](N)CNS(=O)(=O)c1ccc2c(c1)C[C@@H](C)O2. The van der Waals surface area contributed by atoms with Gasteiger partial charge in [-0.2, -0.15) is 0 Å². The Balaban J connectivity index is 2.09. The van der Waals surface area contributed by atoms with Crippen LogP contribution in [0.2, 0.25) is 0 Å². The molecule has 20 heavy (non-hydrogen) atoms. The molecule has 1 heterocycles. The molecule has 1 aromatic carbocycles. The highest BCUT2D eigenvalue weighted by Crippen LogP contribution is 2.30. The Morgan fingerprint density at radius 2 is 2.25 bits per heavy atom. The number of hydrogen-bond acceptors (Lipinski definition) is 4. The maximum atomic E-state index is 12.2. The molecule has 0 spiro atoms. The lowest BCUT2D eigenvalue weighted by molar-refractivity contribution is 0.254. The monoisotopic (exact) mass is 298 g/mol. The van der Waals surface area contributed by atoms with Crippen LogP contribution in [-0.4, -0.2) is 27.1 Å². The van der Waals surface area contributed by atoms with Crippen LogP contribution in [0, 0.1) is 0 Å². The van der Waals surface area contributed by atoms with E-state index in [0.29, 0.717) is 0 Å². The van der Waals surface area contributed by atoms with E-state index in [-0.39, 0.29) is 23.6 Å². The second-order valence-corrected chi connectivity index (χ2v) is 7.07. The van der Waals surface area contributed by atoms with Crippen LogP contribution in [0.1, 0.15) is 32.3 Å². The minimum Gasteiger partial charge on any atom is -0.490 e. The third-order valence-electron chi connectivity index (χ3n) is 3.37. The molecule has 3 N–H and O–H groups in total. The molecule has 2 rings (SSSR count). The maximum absolute atomic E-state index is 12.2. The molecule has 0 aromatic heterocycles. The zero-order valence-corrected chi connectivity index (χ0v) is 12.7. The summed E-state index contributed by atoms with van der Waals surface area (Å²) in [7, 11) is -3.50. The Morgan fingerprint density at radius 3 is 2.95 bits per heavy atom. The first-order chi connectivity index (χ1) is 9.42. The number of fused-ring (bicyclic) bond motifs is 1. The van der Waals surface area contributed by atoms with Gasteiger partial charge in [0.1, 0.15) is 11.9 Å². The van der Waals surface area contributed by atoms with Crippen LogP contribution in [0.25, 0.3) is 0 Å². The average molecular weight is 298 g/mol. The smallest absolute Gasteiger partial charge is 0.240 e. The molecule has 2 atom stereocenters. The minimum atomic E-state index is -3.50. The fraction of sp³-hybridized carbons (Fsp3) is 0.571. The quantitative estimate of drug-likeness (QED) is 0.832. The summed E-state index contributed by atoms with van der Waals surface area (Å²) >= 11 is 0. The molecule has 5 nitrogen and oxygen atoms in total. The van der Waals surface area contributed by atoms with Crippen molar-refractivity contribution in [1.82, 2.24) is 4.72 Å². The average Bonchev–Trinajstić information content (AvgIpc) is 2.76. The van der Waals surface area contributed by atoms with E-state index in [1.165, 1.54) is 0 Å². The molecule has 0 amide bonds. The van der Waals surface area contributed by atoms with Crippen LogP contribution in [0.4, 0.5) is 0 Å². The van der Waals surface area contributed by atoms with Gasteiger partial charge >= 0.3 is 0 Å². The van der Waals surface area contributed by atoms with Crippen molar-refractivity contribution in [3.63, 3.8) is 0 Å². The second-order valence-electron chi connectivity index (χ2n) is 5.30. The topological polar surface area (TPSA) is 81.4 Å². The maximum Gasteiger partial charge on any atom is 0.240 e. The Labute approximate surface area is 120 Å². The first-order valence-electron chi connectivity index (χ1n) is 6.97. The highest BCUT2D eigenvalue weighted by Gasteiger charge is 2.22. The van der Waals surface area contributed by atoms with Gasteiger partial charge in [-0.15, -0.1) is 0 Å². The van der Waals surface area contributed by atoms with Crippen molar-refractivity contribution in [2.75, 3.05) is 6.54 Å². The van der Waals surface area contributed by atoms with Crippen LogP contribution in [0.15, 0.2) is 23.1 Å². The van der Waals surface area contributed by atoms with Crippen LogP contribution in [-0.2, 0) is 16.4 Å². The van der Waals surface area contributed by atoms with Crippen LogP contribution in [0.3, 0.4) is 0 Å². The van der Waals surface area contributed by atoms with E-state index in [4.69, 9.17) is 10.5 Å². The second kappa shape index (κ2) is 6.11. The van der Waals surface area contributed by atoms with Crippen LogP contribution < -0.4 is 15.2 Å². The van der Waals surface area contributed by atoms with E-state index in [9.17, 15) is 8.42 Å². The third-order valence-corrected chi connectivity index (χ3v) is 4.79. The van der Waals surface area contributed by atoms with Crippen LogP contribution >= 0.6 is 0 Å². The number of benzene rings is 1. The predicted molar refractivity (Wildman–Crippen MR) is 78.3 cm³/mol. The summed E-state index contributed by atoms with van der Waals surface area (Å²) in [6.45, 7) is 4.26. The molecule has 112 valence electrons. The standard InChI is InChI=1S/C14H22N2O3S/c1-3-4-12(15)9-16-20(17,18)13-5-6-14-11(8-13)7-10(2)19-14/h5-6,8,10,12,16H,3-4,7,9,15H2,1-2H3/t10-,12+/m1/s1. The van der Waals surface area contributed by atoms with Crippen molar-refractivity contribution >= 4 is 10.0 Å². The summed E-state index contributed by atoms with van der Waals surface area (Å²) in [5.41, 5.74) is 6.77. The molecule has 1 aliphatic rings. The molecule has 1 aliphatic heterocycles. The van der Waals surface area contributed by atoms with Gasteiger partial charge in [-0.25, -0.2) is 13.1 Å². The molecular formula is C14H22N2O3S. The zero-order valence-electron chi connectivity index (χ0n) is 11.9. The van der Waals surface area contributed by atoms with Gasteiger partial charge in [-0.3, -0.25) is 0 Å². The van der Waals surface area contributed by atoms with Gasteiger partial charge in [-0.05, 0) is 37.1 Å². The summed E-state index contributed by atoms with van der Waals surface area (Å²) in [4.78, 5) is 0.276. The molecule has 0 radical (unpaired) electrons. The first kappa shape index (κ1) is 15.3. The lowest BCUT2D eigenvalue weighted by Crippen LogP contribution is -2.37. The largest absolute Gasteiger partial charge is 0.490 e. The van der Waals surface area contributed by atoms with Gasteiger partial charge in [0, 0.05) is 19.0 Å². The lowest BCUT2D eigenvalue weighted by Gasteiger charge is -2.12. The van der Waals surface area contributed by atoms with Gasteiger partial charge in [-0.1, -0.05) is 13.3 Å². The highest BCUT2D eigenvalue weighted by molar-refractivity contribution is 7.89. The molecule has 0 aliphatic carbocycles. The number of nitrogens with two attached hydrogens (primary N) is 1. The Bertz CT molecular complexity index is 572. The van der Waals surface area contributed by atoms with Crippen molar-refractivity contribution in [3.05, 3.63) is 23.8 Å². The van der Waals surface area contributed by atoms with Gasteiger partial charge in [0.25, 0.3) is 0 Å². The van der Waals surface area contributed by atoms with Gasteiger partial charge in [0.15, 0.2) is 0 Å². The van der Waals surface area contributed by atoms with Gasteiger partial charge < -0.3 is 10.5 Å². The van der Waals surface area contributed by atoms with Crippen molar-refractivity contribution in [1.29, 1.82) is 0 Å². The van der Waals surface area contributed by atoms with E-state index >= 15 is 0 Å². The summed E-state index contributed by atoms with van der Waals surface area (Å²) in [6, 6.07) is 4.84. The third kappa shape index (κ3) is 3.50. The number of hydrogen-bond donors (Lipinski definition) is 2. The lowest BCUT2D eigenvalue weighted by atomic mass is 10.1. The van der Waals surface area contributed by atoms with Crippen molar-refractivity contribution in [2.24, 2.45) is 5.73 Å². The van der Waals surface area contributed by atoms with E-state index in [2.05, 4.69) is 4.72 Å². The first-order valence-corrected chi connectivity index (χ1v) is 8.45. The summed E-state index contributed by atoms with van der Waals surface area (Å²) < 4.78 is 32.6. The fourth-order valence-corrected chi connectivity index (χ4v) is 3.48. The number of rotatable bonds is 6. The van der Waals surface area contributed by atoms with E-state index in [0.717, 1.165) is 30.6 Å².